The molecule has 12 heavy (non-hydrogen) atoms. The molecule has 0 heterocycles. The van der Waals surface area contributed by atoms with Crippen LogP contribution >= 0.6 is 0 Å². The van der Waals surface area contributed by atoms with Crippen molar-refractivity contribution in [1.82, 2.24) is 5.32 Å². The molecule has 1 heteroatoms. The van der Waals surface area contributed by atoms with E-state index in [0.717, 1.165) is 11.8 Å². The number of nitrogens with one attached hydrogen (secondary N) is 1. The van der Waals surface area contributed by atoms with Crippen LogP contribution in [0.3, 0.4) is 0 Å². The third-order valence-electron chi connectivity index (χ3n) is 2.08. The van der Waals surface area contributed by atoms with Crippen LogP contribution in [0.5, 0.6) is 0 Å². The molecule has 0 radical (unpaired) electrons. The van der Waals surface area contributed by atoms with E-state index in [1.54, 1.807) is 0 Å². The summed E-state index contributed by atoms with van der Waals surface area (Å²) in [5, 5.41) is 3.61. The van der Waals surface area contributed by atoms with Gasteiger partial charge in [0.15, 0.2) is 0 Å². The Morgan fingerprint density at radius 3 is 1.67 bits per heavy atom. The number of hydrogen-bond acceptors (Lipinski definition) is 1. The average Bonchev–Trinajstić information content (AvgIpc) is 1.83. The highest BCUT2D eigenvalue weighted by Crippen LogP contribution is 2.12. The maximum Gasteiger partial charge on any atom is 0.00948 e. The topological polar surface area (TPSA) is 12.0 Å². The SMILES string of the molecule is CC(C)C[C@@H](NC(C)C)C(C)C. The zero-order chi connectivity index (χ0) is 9.72. The van der Waals surface area contributed by atoms with Crippen LogP contribution in [0.15, 0.2) is 0 Å². The van der Waals surface area contributed by atoms with Crippen LogP contribution in [0.4, 0.5) is 0 Å². The molecular formula is C11H25N. The van der Waals surface area contributed by atoms with Crippen molar-refractivity contribution in [2.45, 2.75) is 60.0 Å². The van der Waals surface area contributed by atoms with E-state index in [-0.39, 0.29) is 0 Å². The summed E-state index contributed by atoms with van der Waals surface area (Å²) < 4.78 is 0. The molecule has 0 aliphatic rings. The summed E-state index contributed by atoms with van der Waals surface area (Å²) >= 11 is 0. The van der Waals surface area contributed by atoms with Crippen LogP contribution in [0, 0.1) is 11.8 Å². The van der Waals surface area contributed by atoms with Gasteiger partial charge in [0.2, 0.25) is 0 Å². The molecule has 0 rings (SSSR count). The van der Waals surface area contributed by atoms with E-state index >= 15 is 0 Å². The number of hydrogen-bond donors (Lipinski definition) is 1. The Labute approximate surface area is 77.9 Å². The van der Waals surface area contributed by atoms with Gasteiger partial charge in [0.05, 0.1) is 0 Å². The first-order valence-corrected chi connectivity index (χ1v) is 5.19. The molecule has 0 saturated heterocycles. The van der Waals surface area contributed by atoms with E-state index in [4.69, 9.17) is 0 Å². The molecule has 0 aliphatic heterocycles. The maximum absolute atomic E-state index is 3.61. The molecule has 0 bridgehead atoms. The fraction of sp³-hybridized carbons (Fsp3) is 1.00. The lowest BCUT2D eigenvalue weighted by Gasteiger charge is -2.26. The molecule has 0 unspecified atom stereocenters. The second-order valence-corrected chi connectivity index (χ2v) is 4.80. The highest BCUT2D eigenvalue weighted by molar-refractivity contribution is 4.73. The zero-order valence-corrected chi connectivity index (χ0v) is 9.52. The first-order valence-electron chi connectivity index (χ1n) is 5.19. The highest BCUT2D eigenvalue weighted by atomic mass is 14.9. The van der Waals surface area contributed by atoms with E-state index in [0.29, 0.717) is 12.1 Å². The van der Waals surface area contributed by atoms with Gasteiger partial charge in [-0.25, -0.2) is 0 Å². The third-order valence-corrected chi connectivity index (χ3v) is 2.08. The van der Waals surface area contributed by atoms with E-state index < -0.39 is 0 Å². The van der Waals surface area contributed by atoms with Crippen molar-refractivity contribution in [3.63, 3.8) is 0 Å². The Balaban J connectivity index is 3.87. The van der Waals surface area contributed by atoms with Gasteiger partial charge < -0.3 is 5.32 Å². The van der Waals surface area contributed by atoms with E-state index in [1.807, 2.05) is 0 Å². The van der Waals surface area contributed by atoms with Crippen LogP contribution in [0.2, 0.25) is 0 Å². The smallest absolute Gasteiger partial charge is 0.00948 e. The standard InChI is InChI=1S/C11H25N/c1-8(2)7-11(9(3)4)12-10(5)6/h8-12H,7H2,1-6H3/t11-/m1/s1. The van der Waals surface area contributed by atoms with Crippen molar-refractivity contribution in [3.05, 3.63) is 0 Å². The zero-order valence-electron chi connectivity index (χ0n) is 9.52. The van der Waals surface area contributed by atoms with Gasteiger partial charge in [0.25, 0.3) is 0 Å². The van der Waals surface area contributed by atoms with Crippen molar-refractivity contribution in [2.75, 3.05) is 0 Å². The van der Waals surface area contributed by atoms with Crippen molar-refractivity contribution < 1.29 is 0 Å². The first-order chi connectivity index (χ1) is 5.43. The van der Waals surface area contributed by atoms with Crippen LogP contribution in [0.1, 0.15) is 48.0 Å². The largest absolute Gasteiger partial charge is 0.312 e. The van der Waals surface area contributed by atoms with Crippen molar-refractivity contribution in [1.29, 1.82) is 0 Å². The number of rotatable bonds is 5. The van der Waals surface area contributed by atoms with Crippen molar-refractivity contribution in [3.8, 4) is 0 Å². The van der Waals surface area contributed by atoms with Crippen molar-refractivity contribution in [2.24, 2.45) is 11.8 Å². The van der Waals surface area contributed by atoms with Gasteiger partial charge >= 0.3 is 0 Å². The molecule has 1 atom stereocenters. The van der Waals surface area contributed by atoms with Crippen LogP contribution < -0.4 is 5.32 Å². The minimum absolute atomic E-state index is 0.608. The van der Waals surface area contributed by atoms with Crippen LogP contribution in [-0.4, -0.2) is 12.1 Å². The molecule has 74 valence electrons. The van der Waals surface area contributed by atoms with Gasteiger partial charge in [-0.15, -0.1) is 0 Å². The predicted molar refractivity (Wildman–Crippen MR) is 56.4 cm³/mol. The Morgan fingerprint density at radius 2 is 1.42 bits per heavy atom. The predicted octanol–water partition coefficient (Wildman–Crippen LogP) is 3.06. The van der Waals surface area contributed by atoms with E-state index in [9.17, 15) is 0 Å². The second-order valence-electron chi connectivity index (χ2n) is 4.80. The Hall–Kier alpha value is -0.0400. The van der Waals surface area contributed by atoms with Gasteiger partial charge in [-0.3, -0.25) is 0 Å². The Bertz CT molecular complexity index is 95.6. The highest BCUT2D eigenvalue weighted by Gasteiger charge is 2.14. The summed E-state index contributed by atoms with van der Waals surface area (Å²) in [6.45, 7) is 13.6. The lowest BCUT2D eigenvalue weighted by molar-refractivity contribution is 0.319. The molecule has 0 aromatic heterocycles. The maximum atomic E-state index is 3.61. The summed E-state index contributed by atoms with van der Waals surface area (Å²) in [4.78, 5) is 0. The normalized spacial score (nSPS) is 14.8. The van der Waals surface area contributed by atoms with Gasteiger partial charge in [0.1, 0.15) is 0 Å². The second kappa shape index (κ2) is 5.58. The van der Waals surface area contributed by atoms with E-state index in [2.05, 4.69) is 46.9 Å². The Morgan fingerprint density at radius 1 is 0.917 bits per heavy atom. The fourth-order valence-corrected chi connectivity index (χ4v) is 1.47. The quantitative estimate of drug-likeness (QED) is 0.670. The minimum atomic E-state index is 0.608. The van der Waals surface area contributed by atoms with E-state index in [1.165, 1.54) is 6.42 Å². The summed E-state index contributed by atoms with van der Waals surface area (Å²) in [5.41, 5.74) is 0. The molecular weight excluding hydrogens is 146 g/mol. The summed E-state index contributed by atoms with van der Waals surface area (Å²) in [7, 11) is 0. The molecule has 0 aliphatic carbocycles. The molecule has 0 fully saturated rings. The first kappa shape index (κ1) is 12.0. The van der Waals surface area contributed by atoms with Gasteiger partial charge in [0, 0.05) is 12.1 Å². The average molecular weight is 171 g/mol. The monoisotopic (exact) mass is 171 g/mol. The van der Waals surface area contributed by atoms with Crippen molar-refractivity contribution >= 4 is 0 Å². The van der Waals surface area contributed by atoms with Gasteiger partial charge in [-0.2, -0.15) is 0 Å². The van der Waals surface area contributed by atoms with Crippen LogP contribution in [-0.2, 0) is 0 Å². The minimum Gasteiger partial charge on any atom is -0.312 e. The Kier molecular flexibility index (Phi) is 5.56. The fourth-order valence-electron chi connectivity index (χ4n) is 1.47. The molecule has 0 aromatic carbocycles. The lowest BCUT2D eigenvalue weighted by Crippen LogP contribution is -2.39. The molecule has 0 amide bonds. The van der Waals surface area contributed by atoms with Gasteiger partial charge in [-0.1, -0.05) is 41.5 Å². The van der Waals surface area contributed by atoms with Crippen LogP contribution in [0.25, 0.3) is 0 Å². The summed E-state index contributed by atoms with van der Waals surface area (Å²) in [6, 6.07) is 1.29. The molecule has 0 saturated carbocycles. The third kappa shape index (κ3) is 5.59. The lowest BCUT2D eigenvalue weighted by atomic mass is 9.94. The molecule has 1 nitrogen and oxygen atoms in total. The summed E-state index contributed by atoms with van der Waals surface area (Å²) in [6.07, 6.45) is 1.29. The molecule has 1 N–H and O–H groups in total. The van der Waals surface area contributed by atoms with Gasteiger partial charge in [-0.05, 0) is 18.3 Å². The molecule has 0 spiro atoms. The summed E-state index contributed by atoms with van der Waals surface area (Å²) in [5.74, 6) is 1.54. The molecule has 0 aromatic rings.